The first-order valence-corrected chi connectivity index (χ1v) is 6.31. The molecule has 2 aromatic carbocycles. The number of aliphatic hydroxyl groups excluding tert-OH is 1. The highest BCUT2D eigenvalue weighted by molar-refractivity contribution is 9.10. The van der Waals surface area contributed by atoms with Gasteiger partial charge in [-0.25, -0.2) is 4.79 Å². The van der Waals surface area contributed by atoms with E-state index in [1.165, 1.54) is 0 Å². The number of hydrogen-bond donors (Lipinski definition) is 2. The van der Waals surface area contributed by atoms with E-state index in [1.54, 1.807) is 42.5 Å². The van der Waals surface area contributed by atoms with Crippen LogP contribution in [-0.2, 0) is 6.61 Å². The van der Waals surface area contributed by atoms with E-state index in [0.29, 0.717) is 15.8 Å². The minimum atomic E-state index is -1.08. The molecular weight excluding hydrogens is 312 g/mol. The van der Waals surface area contributed by atoms with E-state index >= 15 is 0 Å². The Bertz CT molecular complexity index is 610. The summed E-state index contributed by atoms with van der Waals surface area (Å²) < 4.78 is 6.05. The Kier molecular flexibility index (Phi) is 4.19. The first kappa shape index (κ1) is 13.6. The minimum Gasteiger partial charge on any atom is -0.478 e. The van der Waals surface area contributed by atoms with Crippen LogP contribution in [0.4, 0.5) is 0 Å². The number of carbonyl (C=O) groups is 1. The highest BCUT2D eigenvalue weighted by atomic mass is 79.9. The molecule has 0 spiro atoms. The van der Waals surface area contributed by atoms with Crippen molar-refractivity contribution in [2.45, 2.75) is 6.61 Å². The Morgan fingerprint density at radius 2 is 1.79 bits per heavy atom. The van der Waals surface area contributed by atoms with Crippen LogP contribution in [-0.4, -0.2) is 16.2 Å². The zero-order valence-corrected chi connectivity index (χ0v) is 11.4. The molecule has 0 atom stereocenters. The van der Waals surface area contributed by atoms with Crippen molar-refractivity contribution in [3.05, 3.63) is 58.1 Å². The lowest BCUT2D eigenvalue weighted by Gasteiger charge is -2.12. The van der Waals surface area contributed by atoms with Gasteiger partial charge in [-0.05, 0) is 34.1 Å². The van der Waals surface area contributed by atoms with Gasteiger partial charge in [-0.1, -0.05) is 24.3 Å². The molecule has 0 unspecified atom stereocenters. The van der Waals surface area contributed by atoms with E-state index in [2.05, 4.69) is 15.9 Å². The molecule has 98 valence electrons. The number of carboxylic acids is 1. The van der Waals surface area contributed by atoms with Crippen LogP contribution in [0.2, 0.25) is 0 Å². The number of hydrogen-bond acceptors (Lipinski definition) is 3. The second-order valence-electron chi connectivity index (χ2n) is 3.79. The second-order valence-corrected chi connectivity index (χ2v) is 4.64. The van der Waals surface area contributed by atoms with Crippen LogP contribution in [0.5, 0.6) is 11.5 Å². The third-order valence-corrected chi connectivity index (χ3v) is 3.21. The normalized spacial score (nSPS) is 10.2. The highest BCUT2D eigenvalue weighted by Crippen LogP contribution is 2.32. The molecule has 19 heavy (non-hydrogen) atoms. The third kappa shape index (κ3) is 2.94. The number of ether oxygens (including phenoxy) is 1. The summed E-state index contributed by atoms with van der Waals surface area (Å²) in [5.74, 6) is -0.419. The number of carboxylic acid groups (broad SMARTS) is 1. The second kappa shape index (κ2) is 5.86. The molecule has 0 aliphatic carbocycles. The van der Waals surface area contributed by atoms with E-state index in [0.717, 1.165) is 0 Å². The highest BCUT2D eigenvalue weighted by Gasteiger charge is 2.16. The molecule has 0 aliphatic heterocycles. The number of aliphatic hydroxyl groups is 1. The Hall–Kier alpha value is -1.85. The van der Waals surface area contributed by atoms with Crippen LogP contribution >= 0.6 is 15.9 Å². The molecule has 0 saturated carbocycles. The van der Waals surface area contributed by atoms with Gasteiger partial charge in [0.2, 0.25) is 0 Å². The number of halogens is 1. The van der Waals surface area contributed by atoms with Gasteiger partial charge in [0.15, 0.2) is 0 Å². The Morgan fingerprint density at radius 1 is 1.11 bits per heavy atom. The molecule has 2 rings (SSSR count). The summed E-state index contributed by atoms with van der Waals surface area (Å²) in [6.07, 6.45) is 0. The zero-order valence-electron chi connectivity index (χ0n) is 9.84. The quantitative estimate of drug-likeness (QED) is 0.905. The van der Waals surface area contributed by atoms with Gasteiger partial charge in [-0.15, -0.1) is 0 Å². The van der Waals surface area contributed by atoms with Gasteiger partial charge in [0.1, 0.15) is 17.1 Å². The molecule has 0 bridgehead atoms. The average molecular weight is 323 g/mol. The van der Waals surface area contributed by atoms with Crippen LogP contribution < -0.4 is 4.74 Å². The third-order valence-electron chi connectivity index (χ3n) is 2.55. The standard InChI is InChI=1S/C14H11BrO4/c15-10-5-3-7-12(13(10)14(17)18)19-11-6-2-1-4-9(11)8-16/h1-7,16H,8H2,(H,17,18). The largest absolute Gasteiger partial charge is 0.478 e. The summed E-state index contributed by atoms with van der Waals surface area (Å²) in [6, 6.07) is 11.8. The van der Waals surface area contributed by atoms with Crippen molar-refractivity contribution in [1.82, 2.24) is 0 Å². The number of rotatable bonds is 4. The number of aromatic carboxylic acids is 1. The molecule has 2 aromatic rings. The fourth-order valence-electron chi connectivity index (χ4n) is 1.65. The van der Waals surface area contributed by atoms with Crippen LogP contribution in [0, 0.1) is 0 Å². The molecule has 2 N–H and O–H groups in total. The molecule has 0 fully saturated rings. The van der Waals surface area contributed by atoms with Crippen LogP contribution in [0.1, 0.15) is 15.9 Å². The molecule has 0 aromatic heterocycles. The lowest BCUT2D eigenvalue weighted by molar-refractivity contribution is 0.0693. The topological polar surface area (TPSA) is 66.8 Å². The Balaban J connectivity index is 2.44. The van der Waals surface area contributed by atoms with Crippen molar-refractivity contribution in [2.24, 2.45) is 0 Å². The molecule has 4 nitrogen and oxygen atoms in total. The van der Waals surface area contributed by atoms with E-state index in [-0.39, 0.29) is 17.9 Å². The van der Waals surface area contributed by atoms with Gasteiger partial charge in [0.05, 0.1) is 6.61 Å². The predicted octanol–water partition coefficient (Wildman–Crippen LogP) is 3.43. The molecule has 0 radical (unpaired) electrons. The van der Waals surface area contributed by atoms with E-state index in [1.807, 2.05) is 0 Å². The van der Waals surface area contributed by atoms with Crippen molar-refractivity contribution >= 4 is 21.9 Å². The zero-order chi connectivity index (χ0) is 13.8. The van der Waals surface area contributed by atoms with Crippen molar-refractivity contribution in [2.75, 3.05) is 0 Å². The SMILES string of the molecule is O=C(O)c1c(Br)cccc1Oc1ccccc1CO. The van der Waals surface area contributed by atoms with Crippen LogP contribution in [0.15, 0.2) is 46.9 Å². The fraction of sp³-hybridized carbons (Fsp3) is 0.0714. The van der Waals surface area contributed by atoms with Gasteiger partial charge in [0, 0.05) is 10.0 Å². The lowest BCUT2D eigenvalue weighted by atomic mass is 10.2. The number of para-hydroxylation sites is 1. The molecule has 5 heteroatoms. The smallest absolute Gasteiger partial charge is 0.340 e. The van der Waals surface area contributed by atoms with Crippen molar-refractivity contribution in [3.63, 3.8) is 0 Å². The Labute approximate surface area is 118 Å². The van der Waals surface area contributed by atoms with Crippen LogP contribution in [0.3, 0.4) is 0 Å². The first-order valence-electron chi connectivity index (χ1n) is 5.52. The summed E-state index contributed by atoms with van der Waals surface area (Å²) in [7, 11) is 0. The maximum atomic E-state index is 11.2. The van der Waals surface area contributed by atoms with Gasteiger partial charge in [0.25, 0.3) is 0 Å². The summed E-state index contributed by atoms with van der Waals surface area (Å²) in [5, 5.41) is 18.4. The van der Waals surface area contributed by atoms with E-state index < -0.39 is 5.97 Å². The maximum absolute atomic E-state index is 11.2. The van der Waals surface area contributed by atoms with Gasteiger partial charge in [-0.3, -0.25) is 0 Å². The maximum Gasteiger partial charge on any atom is 0.340 e. The molecular formula is C14H11BrO4. The fourth-order valence-corrected chi connectivity index (χ4v) is 2.17. The summed E-state index contributed by atoms with van der Waals surface area (Å²) in [6.45, 7) is -0.174. The van der Waals surface area contributed by atoms with Gasteiger partial charge >= 0.3 is 5.97 Å². The monoisotopic (exact) mass is 322 g/mol. The Morgan fingerprint density at radius 3 is 2.47 bits per heavy atom. The van der Waals surface area contributed by atoms with E-state index in [9.17, 15) is 15.0 Å². The lowest BCUT2D eigenvalue weighted by Crippen LogP contribution is -2.02. The number of benzene rings is 2. The van der Waals surface area contributed by atoms with Crippen molar-refractivity contribution in [3.8, 4) is 11.5 Å². The first-order chi connectivity index (χ1) is 9.13. The van der Waals surface area contributed by atoms with Gasteiger partial charge < -0.3 is 14.9 Å². The summed E-state index contributed by atoms with van der Waals surface area (Å²) in [5.41, 5.74) is 0.647. The van der Waals surface area contributed by atoms with Crippen molar-refractivity contribution in [1.29, 1.82) is 0 Å². The molecule has 0 amide bonds. The minimum absolute atomic E-state index is 0.0512. The van der Waals surface area contributed by atoms with Crippen molar-refractivity contribution < 1.29 is 19.7 Å². The van der Waals surface area contributed by atoms with Crippen LogP contribution in [0.25, 0.3) is 0 Å². The van der Waals surface area contributed by atoms with E-state index in [4.69, 9.17) is 4.74 Å². The average Bonchev–Trinajstić information content (AvgIpc) is 2.39. The molecule has 0 heterocycles. The summed E-state index contributed by atoms with van der Waals surface area (Å²) >= 11 is 3.19. The molecule has 0 aliphatic rings. The molecule has 0 saturated heterocycles. The van der Waals surface area contributed by atoms with Gasteiger partial charge in [-0.2, -0.15) is 0 Å². The predicted molar refractivity (Wildman–Crippen MR) is 73.5 cm³/mol. The summed E-state index contributed by atoms with van der Waals surface area (Å²) in [4.78, 5) is 11.2.